The van der Waals surface area contributed by atoms with Crippen LogP contribution in [0.15, 0.2) is 22.7 Å². The summed E-state index contributed by atoms with van der Waals surface area (Å²) in [5.41, 5.74) is 6.94. The third-order valence-electron chi connectivity index (χ3n) is 4.61. The van der Waals surface area contributed by atoms with Crippen LogP contribution in [-0.2, 0) is 0 Å². The molecule has 0 spiro atoms. The summed E-state index contributed by atoms with van der Waals surface area (Å²) in [7, 11) is 0. The SMILES string of the molecule is NCC(c1ccc(Br)c(F)c1)N1CCN(CC2CC2)CC1. The van der Waals surface area contributed by atoms with E-state index in [4.69, 9.17) is 5.73 Å². The van der Waals surface area contributed by atoms with Crippen LogP contribution in [0.5, 0.6) is 0 Å². The Kier molecular flexibility index (Phi) is 4.94. The molecule has 1 aliphatic heterocycles. The van der Waals surface area contributed by atoms with Crippen molar-refractivity contribution in [1.82, 2.24) is 9.80 Å². The van der Waals surface area contributed by atoms with Crippen molar-refractivity contribution in [3.63, 3.8) is 0 Å². The Morgan fingerprint density at radius 1 is 1.24 bits per heavy atom. The van der Waals surface area contributed by atoms with Gasteiger partial charge in [-0.3, -0.25) is 4.90 Å². The lowest BCUT2D eigenvalue weighted by molar-refractivity contribution is 0.0954. The van der Waals surface area contributed by atoms with Crippen LogP contribution in [0.25, 0.3) is 0 Å². The van der Waals surface area contributed by atoms with Gasteiger partial charge in [0, 0.05) is 45.3 Å². The minimum absolute atomic E-state index is 0.121. The maximum atomic E-state index is 13.7. The van der Waals surface area contributed by atoms with E-state index in [9.17, 15) is 4.39 Å². The summed E-state index contributed by atoms with van der Waals surface area (Å²) in [5.74, 6) is 0.737. The van der Waals surface area contributed by atoms with Gasteiger partial charge in [0.2, 0.25) is 0 Å². The standard InChI is InChI=1S/C16H23BrFN3/c17-14-4-3-13(9-15(14)18)16(10-19)21-7-5-20(6-8-21)11-12-1-2-12/h3-4,9,12,16H,1-2,5-8,10-11,19H2. The van der Waals surface area contributed by atoms with E-state index in [1.807, 2.05) is 6.07 Å². The van der Waals surface area contributed by atoms with E-state index in [1.165, 1.54) is 19.4 Å². The highest BCUT2D eigenvalue weighted by atomic mass is 79.9. The second-order valence-electron chi connectivity index (χ2n) is 6.20. The fourth-order valence-electron chi connectivity index (χ4n) is 3.14. The fraction of sp³-hybridized carbons (Fsp3) is 0.625. The Bertz CT molecular complexity index is 484. The van der Waals surface area contributed by atoms with Crippen molar-refractivity contribution in [2.75, 3.05) is 39.3 Å². The summed E-state index contributed by atoms with van der Waals surface area (Å²) in [4.78, 5) is 4.95. The maximum Gasteiger partial charge on any atom is 0.137 e. The van der Waals surface area contributed by atoms with Gasteiger partial charge in [0.15, 0.2) is 0 Å². The number of benzene rings is 1. The molecule has 1 atom stereocenters. The molecule has 0 radical (unpaired) electrons. The first-order valence-electron chi connectivity index (χ1n) is 7.79. The van der Waals surface area contributed by atoms with Crippen molar-refractivity contribution >= 4 is 15.9 Å². The largest absolute Gasteiger partial charge is 0.329 e. The highest BCUT2D eigenvalue weighted by Gasteiger charge is 2.28. The second-order valence-corrected chi connectivity index (χ2v) is 7.06. The number of hydrogen-bond acceptors (Lipinski definition) is 3. The first-order valence-corrected chi connectivity index (χ1v) is 8.58. The number of rotatable bonds is 5. The highest BCUT2D eigenvalue weighted by Crippen LogP contribution is 2.30. The molecular weight excluding hydrogens is 333 g/mol. The number of nitrogens with zero attached hydrogens (tertiary/aromatic N) is 2. The number of hydrogen-bond donors (Lipinski definition) is 1. The minimum atomic E-state index is -0.210. The molecule has 1 aromatic rings. The van der Waals surface area contributed by atoms with E-state index in [1.54, 1.807) is 12.1 Å². The van der Waals surface area contributed by atoms with Crippen molar-refractivity contribution in [3.05, 3.63) is 34.1 Å². The van der Waals surface area contributed by atoms with Gasteiger partial charge in [-0.2, -0.15) is 0 Å². The monoisotopic (exact) mass is 355 g/mol. The fourth-order valence-corrected chi connectivity index (χ4v) is 3.39. The smallest absolute Gasteiger partial charge is 0.137 e. The predicted octanol–water partition coefficient (Wildman–Crippen LogP) is 2.62. The van der Waals surface area contributed by atoms with Crippen LogP contribution in [-0.4, -0.2) is 49.1 Å². The van der Waals surface area contributed by atoms with E-state index >= 15 is 0 Å². The molecule has 1 saturated carbocycles. The maximum absolute atomic E-state index is 13.7. The van der Waals surface area contributed by atoms with Gasteiger partial charge in [0.25, 0.3) is 0 Å². The molecule has 0 amide bonds. The number of nitrogens with two attached hydrogens (primary N) is 1. The Balaban J connectivity index is 1.62. The van der Waals surface area contributed by atoms with E-state index in [0.717, 1.165) is 37.7 Å². The highest BCUT2D eigenvalue weighted by molar-refractivity contribution is 9.10. The predicted molar refractivity (Wildman–Crippen MR) is 86.6 cm³/mol. The van der Waals surface area contributed by atoms with E-state index in [-0.39, 0.29) is 11.9 Å². The van der Waals surface area contributed by atoms with Gasteiger partial charge in [-0.05, 0) is 52.4 Å². The van der Waals surface area contributed by atoms with E-state index in [0.29, 0.717) is 11.0 Å². The molecule has 1 saturated heterocycles. The average Bonchev–Trinajstić information content (AvgIpc) is 3.29. The third kappa shape index (κ3) is 3.83. The van der Waals surface area contributed by atoms with Gasteiger partial charge in [0.1, 0.15) is 5.82 Å². The molecule has 0 aromatic heterocycles. The lowest BCUT2D eigenvalue weighted by Gasteiger charge is -2.39. The first-order chi connectivity index (χ1) is 10.2. The molecule has 3 nitrogen and oxygen atoms in total. The van der Waals surface area contributed by atoms with E-state index in [2.05, 4.69) is 25.7 Å². The summed E-state index contributed by atoms with van der Waals surface area (Å²) in [5, 5.41) is 0. The Hall–Kier alpha value is -0.490. The van der Waals surface area contributed by atoms with Crippen LogP contribution in [0.2, 0.25) is 0 Å². The topological polar surface area (TPSA) is 32.5 Å². The molecule has 1 unspecified atom stereocenters. The molecule has 2 aliphatic rings. The average molecular weight is 356 g/mol. The molecule has 2 fully saturated rings. The lowest BCUT2D eigenvalue weighted by atomic mass is 10.0. The molecule has 0 bridgehead atoms. The summed E-state index contributed by atoms with van der Waals surface area (Å²) in [6.45, 7) is 6.04. The van der Waals surface area contributed by atoms with Crippen LogP contribution in [0.1, 0.15) is 24.4 Å². The van der Waals surface area contributed by atoms with Crippen LogP contribution in [0.3, 0.4) is 0 Å². The Morgan fingerprint density at radius 3 is 2.52 bits per heavy atom. The lowest BCUT2D eigenvalue weighted by Crippen LogP contribution is -2.49. The Labute approximate surface area is 134 Å². The van der Waals surface area contributed by atoms with Crippen molar-refractivity contribution in [1.29, 1.82) is 0 Å². The summed E-state index contributed by atoms with van der Waals surface area (Å²) < 4.78 is 14.3. The molecule has 21 heavy (non-hydrogen) atoms. The van der Waals surface area contributed by atoms with Crippen LogP contribution < -0.4 is 5.73 Å². The Morgan fingerprint density at radius 2 is 1.95 bits per heavy atom. The number of halogens is 2. The van der Waals surface area contributed by atoms with E-state index < -0.39 is 0 Å². The zero-order chi connectivity index (χ0) is 14.8. The first kappa shape index (κ1) is 15.4. The second kappa shape index (κ2) is 6.73. The minimum Gasteiger partial charge on any atom is -0.329 e. The van der Waals surface area contributed by atoms with Crippen molar-refractivity contribution < 1.29 is 4.39 Å². The van der Waals surface area contributed by atoms with Crippen molar-refractivity contribution in [3.8, 4) is 0 Å². The van der Waals surface area contributed by atoms with Gasteiger partial charge in [-0.1, -0.05) is 6.07 Å². The molecule has 1 aromatic carbocycles. The molecule has 116 valence electrons. The zero-order valence-corrected chi connectivity index (χ0v) is 13.9. The normalized spacial score (nSPS) is 22.4. The van der Waals surface area contributed by atoms with Crippen molar-refractivity contribution in [2.24, 2.45) is 11.7 Å². The summed E-state index contributed by atoms with van der Waals surface area (Å²) in [6.07, 6.45) is 2.81. The third-order valence-corrected chi connectivity index (χ3v) is 5.26. The molecule has 3 rings (SSSR count). The van der Waals surface area contributed by atoms with Crippen LogP contribution in [0, 0.1) is 11.7 Å². The molecule has 1 heterocycles. The zero-order valence-electron chi connectivity index (χ0n) is 12.3. The molecule has 2 N–H and O–H groups in total. The van der Waals surface area contributed by atoms with Gasteiger partial charge in [-0.15, -0.1) is 0 Å². The van der Waals surface area contributed by atoms with Crippen LogP contribution in [0.4, 0.5) is 4.39 Å². The van der Waals surface area contributed by atoms with Gasteiger partial charge in [-0.25, -0.2) is 4.39 Å². The molecule has 1 aliphatic carbocycles. The van der Waals surface area contributed by atoms with Crippen LogP contribution >= 0.6 is 15.9 Å². The summed E-state index contributed by atoms with van der Waals surface area (Å²) >= 11 is 3.21. The van der Waals surface area contributed by atoms with Crippen molar-refractivity contribution in [2.45, 2.75) is 18.9 Å². The summed E-state index contributed by atoms with van der Waals surface area (Å²) in [6, 6.07) is 5.48. The van der Waals surface area contributed by atoms with Gasteiger partial charge >= 0.3 is 0 Å². The number of piperazine rings is 1. The van der Waals surface area contributed by atoms with Gasteiger partial charge < -0.3 is 10.6 Å². The van der Waals surface area contributed by atoms with Gasteiger partial charge in [0.05, 0.1) is 4.47 Å². The molecule has 5 heteroatoms. The molecular formula is C16H23BrFN3. The quantitative estimate of drug-likeness (QED) is 0.880.